The van der Waals surface area contributed by atoms with Crippen molar-refractivity contribution in [2.75, 3.05) is 25.7 Å². The number of hydrogen-bond donors (Lipinski definition) is 0. The summed E-state index contributed by atoms with van der Waals surface area (Å²) in [6.45, 7) is 0.114. The molecule has 4 rings (SSSR count). The Balaban J connectivity index is 1.64. The normalized spacial score (nSPS) is 15.2. The molecule has 1 fully saturated rings. The van der Waals surface area contributed by atoms with Crippen LogP contribution in [-0.2, 0) is 16.0 Å². The van der Waals surface area contributed by atoms with Gasteiger partial charge in [0, 0.05) is 17.1 Å². The van der Waals surface area contributed by atoms with Gasteiger partial charge in [-0.05, 0) is 66.6 Å². The van der Waals surface area contributed by atoms with E-state index < -0.39 is 29.6 Å². The van der Waals surface area contributed by atoms with Crippen molar-refractivity contribution in [1.29, 1.82) is 0 Å². The van der Waals surface area contributed by atoms with Crippen molar-refractivity contribution in [3.05, 3.63) is 88.7 Å². The number of methoxy groups -OCH3 is 2. The summed E-state index contributed by atoms with van der Waals surface area (Å²) in [5.74, 6) is -0.991. The highest BCUT2D eigenvalue weighted by Gasteiger charge is 2.44. The Morgan fingerprint density at radius 1 is 1.03 bits per heavy atom. The molecule has 0 unspecified atom stereocenters. The molecule has 1 saturated heterocycles. The molecule has 0 radical (unpaired) electrons. The minimum absolute atomic E-state index is 0.0903. The molecule has 1 aliphatic heterocycles. The lowest BCUT2D eigenvalue weighted by Gasteiger charge is -2.28. The SMILES string of the molecule is COc1ccc(CCN(C(=O)c2cccc(F)c2)[C@H]2CC(=O)N(c3ccc(Cl)cc3)C2=O)cc1OC. The Labute approximate surface area is 213 Å². The molecular formula is C27H24ClFN2O5. The quantitative estimate of drug-likeness (QED) is 0.417. The first-order valence-corrected chi connectivity index (χ1v) is 11.6. The molecule has 0 spiro atoms. The summed E-state index contributed by atoms with van der Waals surface area (Å²) in [6.07, 6.45) is 0.175. The topological polar surface area (TPSA) is 76.2 Å². The third kappa shape index (κ3) is 5.18. The summed E-state index contributed by atoms with van der Waals surface area (Å²) in [6, 6.07) is 15.9. The van der Waals surface area contributed by atoms with E-state index in [0.717, 1.165) is 16.5 Å². The Hall–Kier alpha value is -3.91. The highest BCUT2D eigenvalue weighted by atomic mass is 35.5. The highest BCUT2D eigenvalue weighted by molar-refractivity contribution is 6.31. The zero-order chi connectivity index (χ0) is 25.8. The fourth-order valence-electron chi connectivity index (χ4n) is 4.19. The molecule has 3 aromatic rings. The van der Waals surface area contributed by atoms with E-state index in [-0.39, 0.29) is 18.5 Å². The van der Waals surface area contributed by atoms with Crippen molar-refractivity contribution < 1.29 is 28.2 Å². The van der Waals surface area contributed by atoms with Crippen molar-refractivity contribution in [2.45, 2.75) is 18.9 Å². The van der Waals surface area contributed by atoms with E-state index in [2.05, 4.69) is 0 Å². The van der Waals surface area contributed by atoms with Crippen LogP contribution in [0.3, 0.4) is 0 Å². The number of rotatable bonds is 8. The zero-order valence-electron chi connectivity index (χ0n) is 19.7. The first-order chi connectivity index (χ1) is 17.3. The maximum Gasteiger partial charge on any atom is 0.257 e. The van der Waals surface area contributed by atoms with Gasteiger partial charge in [-0.25, -0.2) is 9.29 Å². The van der Waals surface area contributed by atoms with Crippen LogP contribution in [0.5, 0.6) is 11.5 Å². The third-order valence-electron chi connectivity index (χ3n) is 6.01. The van der Waals surface area contributed by atoms with Gasteiger partial charge >= 0.3 is 0 Å². The van der Waals surface area contributed by atoms with E-state index in [4.69, 9.17) is 21.1 Å². The van der Waals surface area contributed by atoms with Crippen LogP contribution in [0, 0.1) is 5.82 Å². The van der Waals surface area contributed by atoms with Crippen LogP contribution in [0.15, 0.2) is 66.7 Å². The standard InChI is InChI=1S/C27H24ClFN2O5/c1-35-23-11-6-17(14-24(23)36-2)12-13-30(26(33)18-4-3-5-20(29)15-18)22-16-25(32)31(27(22)34)21-9-7-19(28)8-10-21/h3-11,14-15,22H,12-13,16H2,1-2H3/t22-/m0/s1. The first kappa shape index (κ1) is 25.2. The van der Waals surface area contributed by atoms with Crippen LogP contribution in [0.4, 0.5) is 10.1 Å². The van der Waals surface area contributed by atoms with Gasteiger partial charge in [0.05, 0.1) is 26.3 Å². The van der Waals surface area contributed by atoms with Crippen LogP contribution in [0.1, 0.15) is 22.3 Å². The monoisotopic (exact) mass is 510 g/mol. The fraction of sp³-hybridized carbons (Fsp3) is 0.222. The second-order valence-corrected chi connectivity index (χ2v) is 8.65. The molecule has 3 amide bonds. The van der Waals surface area contributed by atoms with E-state index in [1.54, 1.807) is 36.4 Å². The Morgan fingerprint density at radius 3 is 2.42 bits per heavy atom. The van der Waals surface area contributed by atoms with E-state index in [0.29, 0.717) is 28.6 Å². The first-order valence-electron chi connectivity index (χ1n) is 11.2. The van der Waals surface area contributed by atoms with Gasteiger partial charge in [-0.3, -0.25) is 14.4 Å². The largest absolute Gasteiger partial charge is 0.493 e. The lowest BCUT2D eigenvalue weighted by atomic mass is 10.1. The molecule has 0 saturated carbocycles. The van der Waals surface area contributed by atoms with Gasteiger partial charge < -0.3 is 14.4 Å². The third-order valence-corrected chi connectivity index (χ3v) is 6.26. The Morgan fingerprint density at radius 2 is 1.75 bits per heavy atom. The lowest BCUT2D eigenvalue weighted by molar-refractivity contribution is -0.122. The fourth-order valence-corrected chi connectivity index (χ4v) is 4.32. The lowest BCUT2D eigenvalue weighted by Crippen LogP contribution is -2.46. The number of anilines is 1. The van der Waals surface area contributed by atoms with Crippen molar-refractivity contribution in [3.8, 4) is 11.5 Å². The van der Waals surface area contributed by atoms with E-state index >= 15 is 0 Å². The smallest absolute Gasteiger partial charge is 0.257 e. The number of carbonyl (C=O) groups is 3. The molecule has 1 aliphatic rings. The summed E-state index contributed by atoms with van der Waals surface area (Å²) < 4.78 is 24.5. The van der Waals surface area contributed by atoms with Crippen LogP contribution >= 0.6 is 11.6 Å². The van der Waals surface area contributed by atoms with Gasteiger partial charge in [-0.15, -0.1) is 0 Å². The Kier molecular flexibility index (Phi) is 7.55. The predicted molar refractivity (Wildman–Crippen MR) is 133 cm³/mol. The summed E-state index contributed by atoms with van der Waals surface area (Å²) in [5, 5.41) is 0.465. The molecule has 0 N–H and O–H groups in total. The number of nitrogens with zero attached hydrogens (tertiary/aromatic N) is 2. The van der Waals surface area contributed by atoms with Crippen LogP contribution < -0.4 is 14.4 Å². The number of imide groups is 1. The van der Waals surface area contributed by atoms with Gasteiger partial charge in [0.15, 0.2) is 11.5 Å². The van der Waals surface area contributed by atoms with Gasteiger partial charge in [0.25, 0.3) is 11.8 Å². The van der Waals surface area contributed by atoms with Crippen molar-refractivity contribution >= 4 is 35.0 Å². The molecule has 186 valence electrons. The highest BCUT2D eigenvalue weighted by Crippen LogP contribution is 2.30. The Bertz CT molecular complexity index is 1300. The van der Waals surface area contributed by atoms with Gasteiger partial charge in [-0.2, -0.15) is 0 Å². The van der Waals surface area contributed by atoms with Crippen molar-refractivity contribution in [1.82, 2.24) is 4.90 Å². The summed E-state index contributed by atoms with van der Waals surface area (Å²) in [7, 11) is 3.06. The van der Waals surface area contributed by atoms with Crippen molar-refractivity contribution in [3.63, 3.8) is 0 Å². The molecule has 0 bridgehead atoms. The number of amides is 3. The number of hydrogen-bond acceptors (Lipinski definition) is 5. The number of halogens is 2. The van der Waals surface area contributed by atoms with Gasteiger partial charge in [-0.1, -0.05) is 23.7 Å². The number of ether oxygens (including phenoxy) is 2. The molecule has 36 heavy (non-hydrogen) atoms. The number of carbonyl (C=O) groups excluding carboxylic acids is 3. The summed E-state index contributed by atoms with van der Waals surface area (Å²) in [4.78, 5) is 42.2. The molecule has 0 aromatic heterocycles. The molecule has 7 nitrogen and oxygen atoms in total. The average molecular weight is 511 g/mol. The predicted octanol–water partition coefficient (Wildman–Crippen LogP) is 4.51. The van der Waals surface area contributed by atoms with Crippen LogP contribution in [-0.4, -0.2) is 49.4 Å². The maximum atomic E-state index is 13.9. The zero-order valence-corrected chi connectivity index (χ0v) is 20.5. The maximum absolute atomic E-state index is 13.9. The molecule has 3 aromatic carbocycles. The summed E-state index contributed by atoms with van der Waals surface area (Å²) in [5.41, 5.74) is 1.29. The average Bonchev–Trinajstić information content (AvgIpc) is 3.17. The van der Waals surface area contributed by atoms with Crippen molar-refractivity contribution in [2.24, 2.45) is 0 Å². The molecule has 0 aliphatic carbocycles. The minimum atomic E-state index is -1.04. The molecule has 1 atom stereocenters. The number of benzene rings is 3. The second kappa shape index (κ2) is 10.8. The second-order valence-electron chi connectivity index (χ2n) is 8.21. The molecular weight excluding hydrogens is 487 g/mol. The summed E-state index contributed by atoms with van der Waals surface area (Å²) >= 11 is 5.94. The van der Waals surface area contributed by atoms with Gasteiger partial charge in [0.2, 0.25) is 5.91 Å². The van der Waals surface area contributed by atoms with Crippen LogP contribution in [0.25, 0.3) is 0 Å². The minimum Gasteiger partial charge on any atom is -0.493 e. The van der Waals surface area contributed by atoms with Gasteiger partial charge in [0.1, 0.15) is 11.9 Å². The molecule has 9 heteroatoms. The van der Waals surface area contributed by atoms with Crippen LogP contribution in [0.2, 0.25) is 5.02 Å². The van der Waals surface area contributed by atoms with E-state index in [1.165, 1.54) is 37.3 Å². The molecule has 1 heterocycles. The van der Waals surface area contributed by atoms with E-state index in [1.807, 2.05) is 6.07 Å². The van der Waals surface area contributed by atoms with E-state index in [9.17, 15) is 18.8 Å².